The number of aliphatic carboxylic acids is 2. The molecule has 0 radical (unpaired) electrons. The summed E-state index contributed by atoms with van der Waals surface area (Å²) < 4.78 is 35.9. The molecule has 18 heteroatoms. The molecule has 0 aromatic heterocycles. The fraction of sp³-hybridized carbons (Fsp3) is 0.429. The number of benzene rings is 2. The third-order valence-corrected chi connectivity index (χ3v) is 5.14. The molecule has 46 heavy (non-hydrogen) atoms. The molecule has 0 saturated carbocycles. The quantitative estimate of drug-likeness (QED) is 0.103. The summed E-state index contributed by atoms with van der Waals surface area (Å²) in [4.78, 5) is 55.6. The Morgan fingerprint density at radius 2 is 1.20 bits per heavy atom. The molecular formula is C28H38F2N6O10. The lowest BCUT2D eigenvalue weighted by atomic mass is 10.2. The fourth-order valence-corrected chi connectivity index (χ4v) is 3.22. The van der Waals surface area contributed by atoms with Crippen LogP contribution in [0.4, 0.5) is 41.1 Å². The zero-order valence-corrected chi connectivity index (χ0v) is 26.0. The summed E-state index contributed by atoms with van der Waals surface area (Å²) in [5, 5.41) is 38.7. The molecule has 8 N–H and O–H groups in total. The van der Waals surface area contributed by atoms with Gasteiger partial charge >= 0.3 is 24.1 Å². The summed E-state index contributed by atoms with van der Waals surface area (Å²) in [7, 11) is 0. The number of halogens is 2. The van der Waals surface area contributed by atoms with Crippen molar-refractivity contribution in [1.82, 2.24) is 10.6 Å². The molecule has 0 aliphatic heterocycles. The summed E-state index contributed by atoms with van der Waals surface area (Å²) in [6.07, 6.45) is -1.78. The van der Waals surface area contributed by atoms with Crippen molar-refractivity contribution in [3.05, 3.63) is 58.1 Å². The molecule has 0 aliphatic rings. The van der Waals surface area contributed by atoms with Crippen LogP contribution in [0.5, 0.6) is 0 Å². The molecule has 2 aromatic rings. The zero-order chi connectivity index (χ0) is 35.4. The molecule has 2 atom stereocenters. The number of hydrogen-bond donors (Lipinski definition) is 7. The number of rotatable bonds is 11. The molecule has 0 fully saturated rings. The molecule has 2 aromatic carbocycles. The second kappa shape index (κ2) is 16.6. The van der Waals surface area contributed by atoms with Crippen LogP contribution in [0.15, 0.2) is 36.4 Å². The fourth-order valence-electron chi connectivity index (χ4n) is 3.22. The van der Waals surface area contributed by atoms with Crippen molar-refractivity contribution in [2.45, 2.75) is 64.8 Å². The summed E-state index contributed by atoms with van der Waals surface area (Å²) in [6, 6.07) is 3.88. The van der Waals surface area contributed by atoms with E-state index in [-0.39, 0.29) is 24.5 Å². The topological polar surface area (TPSA) is 244 Å². The molecule has 0 bridgehead atoms. The van der Waals surface area contributed by atoms with Gasteiger partial charge in [0.1, 0.15) is 40.6 Å². The minimum absolute atomic E-state index is 0.0707. The molecule has 0 heterocycles. The zero-order valence-electron chi connectivity index (χ0n) is 26.0. The Morgan fingerprint density at radius 3 is 1.57 bits per heavy atom. The highest BCUT2D eigenvalue weighted by molar-refractivity contribution is 5.81. The number of hydrogen-bond acceptors (Lipinski definition) is 11. The number of nitrogens with zero attached hydrogens (tertiary/aromatic N) is 1. The second-order valence-electron chi connectivity index (χ2n) is 11.5. The van der Waals surface area contributed by atoms with Crippen molar-refractivity contribution in [1.29, 1.82) is 0 Å². The Labute approximate surface area is 262 Å². The summed E-state index contributed by atoms with van der Waals surface area (Å²) >= 11 is 0. The second-order valence-corrected chi connectivity index (χ2v) is 11.5. The number of carboxylic acids is 2. The van der Waals surface area contributed by atoms with E-state index in [0.29, 0.717) is 11.8 Å². The molecule has 0 saturated heterocycles. The van der Waals surface area contributed by atoms with Crippen LogP contribution < -0.4 is 27.0 Å². The summed E-state index contributed by atoms with van der Waals surface area (Å²) in [6.45, 7) is 9.35. The van der Waals surface area contributed by atoms with Gasteiger partial charge in [-0.05, 0) is 71.9 Å². The van der Waals surface area contributed by atoms with Gasteiger partial charge in [0, 0.05) is 13.1 Å². The number of nitrogens with one attached hydrogen (secondary N) is 4. The predicted molar refractivity (Wildman–Crippen MR) is 162 cm³/mol. The van der Waals surface area contributed by atoms with Crippen molar-refractivity contribution in [2.75, 3.05) is 29.5 Å². The average Bonchev–Trinajstić information content (AvgIpc) is 2.88. The van der Waals surface area contributed by atoms with Crippen molar-refractivity contribution >= 4 is 46.9 Å². The Hall–Kier alpha value is -5.42. The number of anilines is 3. The van der Waals surface area contributed by atoms with Gasteiger partial charge in [-0.3, -0.25) is 10.1 Å². The molecule has 0 aliphatic carbocycles. The maximum Gasteiger partial charge on any atom is 0.408 e. The lowest BCUT2D eigenvalue weighted by molar-refractivity contribution is -0.384. The van der Waals surface area contributed by atoms with E-state index >= 15 is 0 Å². The van der Waals surface area contributed by atoms with Gasteiger partial charge in [-0.1, -0.05) is 0 Å². The number of nitrogens with two attached hydrogens (primary N) is 1. The van der Waals surface area contributed by atoms with Crippen LogP contribution in [-0.4, -0.2) is 75.6 Å². The van der Waals surface area contributed by atoms with Gasteiger partial charge in [-0.25, -0.2) is 28.0 Å². The molecule has 0 spiro atoms. The van der Waals surface area contributed by atoms with E-state index in [9.17, 15) is 38.1 Å². The lowest BCUT2D eigenvalue weighted by Gasteiger charge is -2.22. The monoisotopic (exact) mass is 656 g/mol. The summed E-state index contributed by atoms with van der Waals surface area (Å²) in [5.74, 6) is -3.89. The van der Waals surface area contributed by atoms with Crippen LogP contribution in [0.3, 0.4) is 0 Å². The largest absolute Gasteiger partial charge is 0.480 e. The highest BCUT2D eigenvalue weighted by Gasteiger charge is 2.26. The number of nitrogen functional groups attached to an aromatic ring is 1. The normalized spacial score (nSPS) is 12.3. The molecule has 2 amide bonds. The van der Waals surface area contributed by atoms with E-state index < -0.39 is 69.7 Å². The lowest BCUT2D eigenvalue weighted by Crippen LogP contribution is -2.47. The maximum atomic E-state index is 13.1. The number of carbonyl (C=O) groups excluding carboxylic acids is 2. The van der Waals surface area contributed by atoms with E-state index in [1.54, 1.807) is 41.5 Å². The molecule has 254 valence electrons. The van der Waals surface area contributed by atoms with E-state index in [2.05, 4.69) is 21.3 Å². The highest BCUT2D eigenvalue weighted by Crippen LogP contribution is 2.25. The van der Waals surface area contributed by atoms with Gasteiger partial charge in [0.2, 0.25) is 0 Å². The van der Waals surface area contributed by atoms with Crippen molar-refractivity contribution in [3.8, 4) is 0 Å². The predicted octanol–water partition coefficient (Wildman–Crippen LogP) is 3.92. The van der Waals surface area contributed by atoms with Gasteiger partial charge in [-0.15, -0.1) is 0 Å². The Kier molecular flexibility index (Phi) is 13.9. The number of alkyl carbamates (subject to hydrolysis) is 2. The molecular weight excluding hydrogens is 618 g/mol. The standard InChI is InChI=1S/C14H18FN3O6.C14H20FN3O4/c1-14(2,3)24-13(21)17-10(12(19)20)7-16-9-5-4-8(15)6-11(9)18(22)23;1-14(2,3)22-13(21)18-11(12(19)20)7-17-10-5-4-8(15)6-9(10)16/h4-6,10,16H,7H2,1-3H3,(H,17,21)(H,19,20);4-6,11,17H,7,16H2,1-3H3,(H,18,21)(H,19,20)/t10-;11-/m00/s1. The first-order valence-corrected chi connectivity index (χ1v) is 13.5. The molecule has 16 nitrogen and oxygen atoms in total. The molecule has 2 rings (SSSR count). The first kappa shape index (κ1) is 38.6. The Morgan fingerprint density at radius 1 is 0.804 bits per heavy atom. The number of carbonyl (C=O) groups is 4. The number of ether oxygens (including phenoxy) is 2. The van der Waals surface area contributed by atoms with Crippen molar-refractivity contribution in [3.63, 3.8) is 0 Å². The highest BCUT2D eigenvalue weighted by atomic mass is 19.1. The van der Waals surface area contributed by atoms with Gasteiger partial charge in [-0.2, -0.15) is 0 Å². The van der Waals surface area contributed by atoms with Crippen LogP contribution in [0, 0.1) is 21.7 Å². The number of carboxylic acid groups (broad SMARTS) is 2. The number of amides is 2. The minimum atomic E-state index is -1.40. The Balaban J connectivity index is 0.000000462. The molecule has 0 unspecified atom stereocenters. The smallest absolute Gasteiger partial charge is 0.408 e. The van der Waals surface area contributed by atoms with Crippen molar-refractivity contribution < 1.29 is 52.6 Å². The average molecular weight is 657 g/mol. The summed E-state index contributed by atoms with van der Waals surface area (Å²) in [5.41, 5.74) is 3.96. The first-order chi connectivity index (χ1) is 21.1. The van der Waals surface area contributed by atoms with Gasteiger partial charge in [0.15, 0.2) is 0 Å². The van der Waals surface area contributed by atoms with Crippen LogP contribution in [0.2, 0.25) is 0 Å². The number of nitro groups is 1. The van der Waals surface area contributed by atoms with Crippen LogP contribution >= 0.6 is 0 Å². The van der Waals surface area contributed by atoms with E-state index in [1.807, 2.05) is 0 Å². The van der Waals surface area contributed by atoms with Gasteiger partial charge < -0.3 is 46.7 Å². The van der Waals surface area contributed by atoms with Crippen LogP contribution in [-0.2, 0) is 19.1 Å². The number of nitro benzene ring substituents is 1. The maximum absolute atomic E-state index is 13.1. The first-order valence-electron chi connectivity index (χ1n) is 13.5. The van der Waals surface area contributed by atoms with Gasteiger partial charge in [0.05, 0.1) is 22.4 Å². The van der Waals surface area contributed by atoms with E-state index in [0.717, 1.165) is 18.2 Å². The Bertz CT molecular complexity index is 1410. The van der Waals surface area contributed by atoms with Crippen LogP contribution in [0.1, 0.15) is 41.5 Å². The van der Waals surface area contributed by atoms with E-state index in [4.69, 9.17) is 25.4 Å². The SMILES string of the molecule is CC(C)(C)OC(=O)N[C@@H](CNc1ccc(F)cc1N)C(=O)O.CC(C)(C)OC(=O)N[C@@H](CNc1ccc(F)cc1[N+](=O)[O-])C(=O)O. The van der Waals surface area contributed by atoms with Crippen molar-refractivity contribution in [2.24, 2.45) is 0 Å². The van der Waals surface area contributed by atoms with E-state index in [1.165, 1.54) is 12.1 Å². The third kappa shape index (κ3) is 14.8. The minimum Gasteiger partial charge on any atom is -0.480 e. The van der Waals surface area contributed by atoms with Crippen LogP contribution in [0.25, 0.3) is 0 Å². The third-order valence-electron chi connectivity index (χ3n) is 5.14. The van der Waals surface area contributed by atoms with Gasteiger partial charge in [0.25, 0.3) is 5.69 Å².